The Morgan fingerprint density at radius 2 is 2.05 bits per heavy atom. The summed E-state index contributed by atoms with van der Waals surface area (Å²) in [6, 6.07) is 8.49. The molecule has 0 aromatic heterocycles. The average molecular weight is 262 g/mol. The highest BCUT2D eigenvalue weighted by molar-refractivity contribution is 5.89. The van der Waals surface area contributed by atoms with E-state index in [-0.39, 0.29) is 18.9 Å². The van der Waals surface area contributed by atoms with Crippen molar-refractivity contribution >= 4 is 11.9 Å². The van der Waals surface area contributed by atoms with E-state index >= 15 is 0 Å². The molecule has 6 nitrogen and oxygen atoms in total. The zero-order valence-electron chi connectivity index (χ0n) is 10.7. The zero-order valence-corrected chi connectivity index (χ0v) is 10.7. The topological polar surface area (TPSA) is 90.1 Å². The van der Waals surface area contributed by atoms with Crippen LogP contribution in [0, 0.1) is 0 Å². The molecule has 1 amide bonds. The van der Waals surface area contributed by atoms with Gasteiger partial charge in [0.25, 0.3) is 0 Å². The minimum absolute atomic E-state index is 0.225. The summed E-state index contributed by atoms with van der Waals surface area (Å²) in [5.41, 5.74) is 9.35. The van der Waals surface area contributed by atoms with Crippen LogP contribution in [0.4, 0.5) is 4.79 Å². The highest BCUT2D eigenvalue weighted by atomic mass is 16.5. The van der Waals surface area contributed by atoms with Gasteiger partial charge in [0.2, 0.25) is 0 Å². The van der Waals surface area contributed by atoms with E-state index in [1.54, 1.807) is 6.92 Å². The average Bonchev–Trinajstić information content (AvgIpc) is 2.40. The van der Waals surface area contributed by atoms with Gasteiger partial charge in [0.15, 0.2) is 5.78 Å². The first-order valence-electron chi connectivity index (χ1n) is 5.98. The smallest absolute Gasteiger partial charge is 0.407 e. The summed E-state index contributed by atoms with van der Waals surface area (Å²) >= 11 is 0. The van der Waals surface area contributed by atoms with Crippen LogP contribution in [0.2, 0.25) is 0 Å². The molecule has 0 radical (unpaired) electrons. The predicted molar refractivity (Wildman–Crippen MR) is 69.8 cm³/mol. The van der Waals surface area contributed by atoms with Gasteiger partial charge < -0.3 is 20.7 Å². The Hall–Kier alpha value is -2.24. The number of hydrogen-bond acceptors (Lipinski definition) is 4. The van der Waals surface area contributed by atoms with E-state index in [1.807, 2.05) is 30.3 Å². The summed E-state index contributed by atoms with van der Waals surface area (Å²) < 4.78 is 4.74. The number of rotatable bonds is 7. The molecule has 0 fully saturated rings. The number of Topliss-reactive ketones (excluding diaryl/α,β-unsaturated/α-hetero) is 1. The van der Waals surface area contributed by atoms with E-state index in [2.05, 4.69) is 10.4 Å². The summed E-state index contributed by atoms with van der Waals surface area (Å²) in [5.74, 6) is -0.376. The molecular weight excluding hydrogens is 246 g/mol. The lowest BCUT2D eigenvalue weighted by molar-refractivity contribution is -0.119. The van der Waals surface area contributed by atoms with Crippen LogP contribution < -0.4 is 5.32 Å². The van der Waals surface area contributed by atoms with E-state index in [9.17, 15) is 9.59 Å². The Morgan fingerprint density at radius 1 is 1.37 bits per heavy atom. The van der Waals surface area contributed by atoms with Crippen LogP contribution in [0.3, 0.4) is 0 Å². The Labute approximate surface area is 111 Å². The second kappa shape index (κ2) is 7.97. The lowest BCUT2D eigenvalue weighted by Crippen LogP contribution is -2.43. The summed E-state index contributed by atoms with van der Waals surface area (Å²) in [7, 11) is 0. The highest BCUT2D eigenvalue weighted by Gasteiger charge is 2.20. The van der Waals surface area contributed by atoms with Crippen molar-refractivity contribution in [2.45, 2.75) is 19.4 Å². The molecule has 1 aromatic rings. The molecule has 0 aliphatic heterocycles. The van der Waals surface area contributed by atoms with Gasteiger partial charge in [-0.1, -0.05) is 30.3 Å². The molecule has 1 aromatic carbocycles. The van der Waals surface area contributed by atoms with Crippen LogP contribution in [0.1, 0.15) is 12.5 Å². The molecule has 0 saturated heterocycles. The molecule has 1 N–H and O–H groups in total. The van der Waals surface area contributed by atoms with E-state index in [1.165, 1.54) is 0 Å². The van der Waals surface area contributed by atoms with E-state index < -0.39 is 12.1 Å². The van der Waals surface area contributed by atoms with Gasteiger partial charge >= 0.3 is 6.09 Å². The van der Waals surface area contributed by atoms with Crippen LogP contribution in [0.15, 0.2) is 35.4 Å². The van der Waals surface area contributed by atoms with Crippen molar-refractivity contribution in [2.75, 3.05) is 13.2 Å². The molecule has 0 aliphatic rings. The monoisotopic (exact) mass is 262 g/mol. The van der Waals surface area contributed by atoms with Gasteiger partial charge in [-0.2, -0.15) is 0 Å². The number of ketones is 1. The van der Waals surface area contributed by atoms with Crippen molar-refractivity contribution in [3.8, 4) is 0 Å². The molecular formula is C13H16N3O3-. The molecule has 0 spiro atoms. The van der Waals surface area contributed by atoms with Crippen molar-refractivity contribution in [1.82, 2.24) is 5.32 Å². The lowest BCUT2D eigenvalue weighted by atomic mass is 10.0. The standard InChI is InChI=1S/C13H16N3O3/c1-2-19-13(18)16-11(12(17)9-15-14)8-10-6-4-3-5-7-10/h3-7,11H,2,8-9H2,1H3,(H,16,18)/q-1/t11-/m0/s1. The number of nitrogens with one attached hydrogen (secondary N) is 1. The molecule has 0 heterocycles. The number of hydrogen-bond donors (Lipinski definition) is 1. The summed E-state index contributed by atoms with van der Waals surface area (Å²) in [6.07, 6.45) is -0.330. The molecule has 0 unspecified atom stereocenters. The van der Waals surface area contributed by atoms with Crippen molar-refractivity contribution in [1.29, 1.82) is 0 Å². The Balaban J connectivity index is 2.71. The molecule has 0 saturated carbocycles. The predicted octanol–water partition coefficient (Wildman–Crippen LogP) is 1.93. The maximum atomic E-state index is 11.8. The van der Waals surface area contributed by atoms with Gasteiger partial charge in [0, 0.05) is 0 Å². The number of alkyl carbamates (subject to hydrolysis) is 1. The van der Waals surface area contributed by atoms with Crippen molar-refractivity contribution < 1.29 is 14.3 Å². The maximum Gasteiger partial charge on any atom is 0.407 e. The van der Waals surface area contributed by atoms with Crippen molar-refractivity contribution in [3.63, 3.8) is 0 Å². The molecule has 102 valence electrons. The first-order chi connectivity index (χ1) is 9.17. The van der Waals surface area contributed by atoms with Gasteiger partial charge in [0.05, 0.1) is 19.2 Å². The first kappa shape index (κ1) is 14.8. The second-order valence-corrected chi connectivity index (χ2v) is 3.87. The SMILES string of the molecule is CCOC(=O)N[C@@H](Cc1ccccc1)C(=O)CN=[N-]. The first-order valence-corrected chi connectivity index (χ1v) is 5.98. The van der Waals surface area contributed by atoms with Crippen molar-refractivity contribution in [3.05, 3.63) is 41.4 Å². The molecule has 6 heteroatoms. The number of ether oxygens (including phenoxy) is 1. The van der Waals surface area contributed by atoms with Gasteiger partial charge in [-0.3, -0.25) is 4.79 Å². The number of carbonyl (C=O) groups is 2. The normalized spacial score (nSPS) is 11.4. The third-order valence-electron chi connectivity index (χ3n) is 2.47. The van der Waals surface area contributed by atoms with Gasteiger partial charge in [-0.25, -0.2) is 4.79 Å². The largest absolute Gasteiger partial charge is 0.712 e. The number of amides is 1. The highest BCUT2D eigenvalue weighted by Crippen LogP contribution is 2.05. The van der Waals surface area contributed by atoms with Gasteiger partial charge in [0.1, 0.15) is 0 Å². The van der Waals surface area contributed by atoms with E-state index in [4.69, 9.17) is 10.3 Å². The third kappa shape index (κ3) is 5.29. The minimum atomic E-state index is -0.766. The van der Waals surface area contributed by atoms with Crippen LogP contribution in [0.25, 0.3) is 5.53 Å². The molecule has 1 atom stereocenters. The van der Waals surface area contributed by atoms with Crippen LogP contribution in [0.5, 0.6) is 0 Å². The van der Waals surface area contributed by atoms with Gasteiger partial charge in [-0.05, 0) is 18.9 Å². The fourth-order valence-electron chi connectivity index (χ4n) is 1.59. The van der Waals surface area contributed by atoms with Crippen molar-refractivity contribution in [2.24, 2.45) is 5.11 Å². The lowest BCUT2D eigenvalue weighted by Gasteiger charge is -2.17. The molecule has 19 heavy (non-hydrogen) atoms. The summed E-state index contributed by atoms with van der Waals surface area (Å²) in [6.45, 7) is 1.54. The van der Waals surface area contributed by atoms with Crippen LogP contribution >= 0.6 is 0 Å². The molecule has 1 rings (SSSR count). The summed E-state index contributed by atoms with van der Waals surface area (Å²) in [5, 5.41) is 5.28. The Bertz CT molecular complexity index is 434. The molecule has 0 aliphatic carbocycles. The van der Waals surface area contributed by atoms with Gasteiger partial charge in [-0.15, -0.1) is 0 Å². The fraction of sp³-hybridized carbons (Fsp3) is 0.385. The van der Waals surface area contributed by atoms with Crippen LogP contribution in [-0.2, 0) is 16.0 Å². The maximum absolute atomic E-state index is 11.8. The number of nitrogens with zero attached hydrogens (tertiary/aromatic N) is 2. The Morgan fingerprint density at radius 3 is 2.63 bits per heavy atom. The summed E-state index contributed by atoms with van der Waals surface area (Å²) in [4.78, 5) is 23.1. The van der Waals surface area contributed by atoms with E-state index in [0.717, 1.165) is 5.56 Å². The number of benzene rings is 1. The quantitative estimate of drug-likeness (QED) is 0.761. The fourth-order valence-corrected chi connectivity index (χ4v) is 1.59. The van der Waals surface area contributed by atoms with E-state index in [0.29, 0.717) is 6.42 Å². The zero-order chi connectivity index (χ0) is 14.1. The Kier molecular flexibility index (Phi) is 6.21. The molecule has 0 bridgehead atoms. The number of carbonyl (C=O) groups excluding carboxylic acids is 2. The third-order valence-corrected chi connectivity index (χ3v) is 2.47. The van der Waals surface area contributed by atoms with Crippen LogP contribution in [-0.4, -0.2) is 31.1 Å². The minimum Gasteiger partial charge on any atom is -0.712 e. The second-order valence-electron chi connectivity index (χ2n) is 3.87.